The maximum Gasteiger partial charge on any atom is 0.238 e. The summed E-state index contributed by atoms with van der Waals surface area (Å²) in [7, 11) is 0. The van der Waals surface area contributed by atoms with Crippen molar-refractivity contribution in [2.24, 2.45) is 11.7 Å². The number of nitrogens with two attached hydrogens (primary N) is 1. The van der Waals surface area contributed by atoms with Gasteiger partial charge in [0.15, 0.2) is 0 Å². The number of carbonyl (C=O) groups excluding carboxylic acids is 1. The van der Waals surface area contributed by atoms with E-state index in [2.05, 4.69) is 24.1 Å². The second-order valence-electron chi connectivity index (χ2n) is 5.90. The summed E-state index contributed by atoms with van der Waals surface area (Å²) in [4.78, 5) is 14.0. The summed E-state index contributed by atoms with van der Waals surface area (Å²) in [6.45, 7) is 8.26. The molecule has 0 spiro atoms. The zero-order chi connectivity index (χ0) is 14.0. The molecule has 0 atom stereocenters. The van der Waals surface area contributed by atoms with Crippen molar-refractivity contribution in [1.82, 2.24) is 4.90 Å². The monoisotopic (exact) mass is 261 g/mol. The molecule has 1 aromatic rings. The van der Waals surface area contributed by atoms with Crippen LogP contribution in [0, 0.1) is 12.8 Å². The summed E-state index contributed by atoms with van der Waals surface area (Å²) in [6.07, 6.45) is 0. The van der Waals surface area contributed by atoms with Crippen LogP contribution in [0.25, 0.3) is 0 Å². The van der Waals surface area contributed by atoms with Crippen molar-refractivity contribution in [2.75, 3.05) is 25.0 Å². The van der Waals surface area contributed by atoms with Crippen LogP contribution in [0.15, 0.2) is 24.3 Å². The predicted molar refractivity (Wildman–Crippen MR) is 78.0 cm³/mol. The van der Waals surface area contributed by atoms with E-state index < -0.39 is 0 Å². The zero-order valence-corrected chi connectivity index (χ0v) is 11.9. The third-order valence-electron chi connectivity index (χ3n) is 3.97. The van der Waals surface area contributed by atoms with Crippen LogP contribution in [-0.2, 0) is 4.79 Å². The van der Waals surface area contributed by atoms with Gasteiger partial charge in [0.05, 0.1) is 6.54 Å². The van der Waals surface area contributed by atoms with Crippen LogP contribution in [0.5, 0.6) is 0 Å². The van der Waals surface area contributed by atoms with Crippen molar-refractivity contribution in [1.29, 1.82) is 0 Å². The largest absolute Gasteiger partial charge is 0.325 e. The van der Waals surface area contributed by atoms with Crippen LogP contribution in [0.3, 0.4) is 0 Å². The fourth-order valence-corrected chi connectivity index (χ4v) is 2.37. The summed E-state index contributed by atoms with van der Waals surface area (Å²) in [5, 5.41) is 2.94. The number of nitrogens with one attached hydrogen (secondary N) is 1. The van der Waals surface area contributed by atoms with Gasteiger partial charge >= 0.3 is 0 Å². The summed E-state index contributed by atoms with van der Waals surface area (Å²) in [5.74, 6) is 0.475. The van der Waals surface area contributed by atoms with E-state index >= 15 is 0 Å². The van der Waals surface area contributed by atoms with E-state index in [1.54, 1.807) is 0 Å². The fraction of sp³-hybridized carbons (Fsp3) is 0.533. The van der Waals surface area contributed by atoms with E-state index in [-0.39, 0.29) is 11.4 Å². The van der Waals surface area contributed by atoms with Crippen molar-refractivity contribution >= 4 is 11.6 Å². The molecule has 1 aliphatic heterocycles. The Bertz CT molecular complexity index is 464. The molecule has 1 aromatic carbocycles. The highest BCUT2D eigenvalue weighted by molar-refractivity contribution is 5.93. The van der Waals surface area contributed by atoms with Crippen LogP contribution in [0.1, 0.15) is 19.4 Å². The topological polar surface area (TPSA) is 58.4 Å². The quantitative estimate of drug-likeness (QED) is 0.865. The Morgan fingerprint density at radius 1 is 1.42 bits per heavy atom. The first-order chi connectivity index (χ1) is 8.90. The molecule has 1 heterocycles. The Hall–Kier alpha value is -1.39. The average molecular weight is 261 g/mol. The van der Waals surface area contributed by atoms with E-state index in [4.69, 9.17) is 5.73 Å². The normalized spacial score (nSPS) is 18.2. The molecular formula is C15H23N3O. The SMILES string of the molecule is Cc1ccccc1NC(=O)CN1CC(N)(C(C)C)C1. The van der Waals surface area contributed by atoms with E-state index in [1.807, 2.05) is 31.2 Å². The number of amides is 1. The van der Waals surface area contributed by atoms with Crippen LogP contribution >= 0.6 is 0 Å². The highest BCUT2D eigenvalue weighted by atomic mass is 16.2. The summed E-state index contributed by atoms with van der Waals surface area (Å²) >= 11 is 0. The van der Waals surface area contributed by atoms with Crippen molar-refractivity contribution < 1.29 is 4.79 Å². The number of nitrogens with zero attached hydrogens (tertiary/aromatic N) is 1. The van der Waals surface area contributed by atoms with Gasteiger partial charge in [0.1, 0.15) is 0 Å². The predicted octanol–water partition coefficient (Wildman–Crippen LogP) is 1.60. The lowest BCUT2D eigenvalue weighted by atomic mass is 9.80. The molecule has 3 N–H and O–H groups in total. The number of carbonyl (C=O) groups is 1. The van der Waals surface area contributed by atoms with Gasteiger partial charge < -0.3 is 11.1 Å². The van der Waals surface area contributed by atoms with Gasteiger partial charge in [-0.2, -0.15) is 0 Å². The molecule has 4 heteroatoms. The van der Waals surface area contributed by atoms with Gasteiger partial charge in [0, 0.05) is 24.3 Å². The second kappa shape index (κ2) is 5.31. The fourth-order valence-electron chi connectivity index (χ4n) is 2.37. The molecule has 4 nitrogen and oxygen atoms in total. The number of para-hydroxylation sites is 1. The Morgan fingerprint density at radius 3 is 2.63 bits per heavy atom. The van der Waals surface area contributed by atoms with Gasteiger partial charge in [0.25, 0.3) is 0 Å². The number of anilines is 1. The summed E-state index contributed by atoms with van der Waals surface area (Å²) in [6, 6.07) is 7.80. The van der Waals surface area contributed by atoms with E-state index in [0.29, 0.717) is 12.5 Å². The Kier molecular flexibility index (Phi) is 3.92. The van der Waals surface area contributed by atoms with Gasteiger partial charge in [-0.1, -0.05) is 32.0 Å². The van der Waals surface area contributed by atoms with Crippen LogP contribution in [0.4, 0.5) is 5.69 Å². The molecule has 1 aliphatic rings. The van der Waals surface area contributed by atoms with Gasteiger partial charge in [-0.05, 0) is 24.5 Å². The molecule has 0 bridgehead atoms. The first-order valence-electron chi connectivity index (χ1n) is 6.77. The van der Waals surface area contributed by atoms with Gasteiger partial charge in [0.2, 0.25) is 5.91 Å². The third-order valence-corrected chi connectivity index (χ3v) is 3.97. The van der Waals surface area contributed by atoms with Crippen LogP contribution < -0.4 is 11.1 Å². The molecule has 2 rings (SSSR count). The maximum absolute atomic E-state index is 12.0. The third kappa shape index (κ3) is 3.14. The smallest absolute Gasteiger partial charge is 0.238 e. The van der Waals surface area contributed by atoms with Crippen molar-refractivity contribution in [3.05, 3.63) is 29.8 Å². The lowest BCUT2D eigenvalue weighted by molar-refractivity contribution is -0.119. The number of hydrogen-bond donors (Lipinski definition) is 2. The lowest BCUT2D eigenvalue weighted by Crippen LogP contribution is -2.70. The molecular weight excluding hydrogens is 238 g/mol. The number of benzene rings is 1. The first-order valence-corrected chi connectivity index (χ1v) is 6.77. The molecule has 1 amide bonds. The van der Waals surface area contributed by atoms with Crippen molar-refractivity contribution in [3.63, 3.8) is 0 Å². The second-order valence-corrected chi connectivity index (χ2v) is 5.90. The highest BCUT2D eigenvalue weighted by Gasteiger charge is 2.42. The van der Waals surface area contributed by atoms with Crippen LogP contribution in [-0.4, -0.2) is 36.0 Å². The maximum atomic E-state index is 12.0. The standard InChI is InChI=1S/C15H23N3O/c1-11(2)15(16)9-18(10-15)8-14(19)17-13-7-5-4-6-12(13)3/h4-7,11H,8-10,16H2,1-3H3,(H,17,19). The molecule has 0 unspecified atom stereocenters. The average Bonchev–Trinajstić information content (AvgIpc) is 2.29. The minimum atomic E-state index is -0.122. The highest BCUT2D eigenvalue weighted by Crippen LogP contribution is 2.25. The molecule has 0 saturated carbocycles. The van der Waals surface area contributed by atoms with E-state index in [9.17, 15) is 4.79 Å². The number of aryl methyl sites for hydroxylation is 1. The van der Waals surface area contributed by atoms with Crippen molar-refractivity contribution in [2.45, 2.75) is 26.3 Å². The molecule has 1 saturated heterocycles. The Labute approximate surface area is 115 Å². The van der Waals surface area contributed by atoms with Gasteiger partial charge in [-0.3, -0.25) is 9.69 Å². The van der Waals surface area contributed by atoms with Crippen molar-refractivity contribution in [3.8, 4) is 0 Å². The summed E-state index contributed by atoms with van der Waals surface area (Å²) < 4.78 is 0. The molecule has 0 aliphatic carbocycles. The molecule has 104 valence electrons. The molecule has 0 aromatic heterocycles. The first kappa shape index (κ1) is 14.0. The van der Waals surface area contributed by atoms with Gasteiger partial charge in [-0.25, -0.2) is 0 Å². The molecule has 19 heavy (non-hydrogen) atoms. The zero-order valence-electron chi connectivity index (χ0n) is 11.9. The Balaban J connectivity index is 1.83. The molecule has 1 fully saturated rings. The summed E-state index contributed by atoms with van der Waals surface area (Å²) in [5.41, 5.74) is 8.06. The van der Waals surface area contributed by atoms with E-state index in [1.165, 1.54) is 0 Å². The number of likely N-dealkylation sites (tertiary alicyclic amines) is 1. The van der Waals surface area contributed by atoms with E-state index in [0.717, 1.165) is 24.3 Å². The minimum absolute atomic E-state index is 0.0279. The minimum Gasteiger partial charge on any atom is -0.325 e. The van der Waals surface area contributed by atoms with Crippen LogP contribution in [0.2, 0.25) is 0 Å². The number of rotatable bonds is 4. The lowest BCUT2D eigenvalue weighted by Gasteiger charge is -2.50. The molecule has 0 radical (unpaired) electrons. The Morgan fingerprint density at radius 2 is 2.05 bits per heavy atom. The van der Waals surface area contributed by atoms with Gasteiger partial charge in [-0.15, -0.1) is 0 Å². The number of hydrogen-bond acceptors (Lipinski definition) is 3.